The molecule has 2 N–H and O–H groups in total. The van der Waals surface area contributed by atoms with E-state index in [1.807, 2.05) is 32.9 Å². The van der Waals surface area contributed by atoms with Gasteiger partial charge in [-0.25, -0.2) is 0 Å². The normalized spacial score (nSPS) is 10.2. The number of hydrogen-bond acceptors (Lipinski definition) is 3. The first-order chi connectivity index (χ1) is 7.60. The van der Waals surface area contributed by atoms with Gasteiger partial charge in [0.05, 0.1) is 11.3 Å². The maximum atomic E-state index is 12.1. The number of nitrogens with two attached hydrogens (primary N) is 1. The number of amides is 1. The van der Waals surface area contributed by atoms with Gasteiger partial charge in [-0.3, -0.25) is 9.78 Å². The highest BCUT2D eigenvalue weighted by Gasteiger charge is 2.15. The minimum absolute atomic E-state index is 0.0120. The van der Waals surface area contributed by atoms with Crippen molar-refractivity contribution < 1.29 is 4.79 Å². The van der Waals surface area contributed by atoms with E-state index in [-0.39, 0.29) is 5.91 Å². The summed E-state index contributed by atoms with van der Waals surface area (Å²) in [5.41, 5.74) is 7.85. The highest BCUT2D eigenvalue weighted by atomic mass is 16.2. The van der Waals surface area contributed by atoms with Crippen LogP contribution in [0, 0.1) is 13.8 Å². The van der Waals surface area contributed by atoms with E-state index in [0.717, 1.165) is 11.4 Å². The van der Waals surface area contributed by atoms with E-state index < -0.39 is 0 Å². The molecule has 0 saturated carbocycles. The Bertz CT molecular complexity index is 377. The summed E-state index contributed by atoms with van der Waals surface area (Å²) in [4.78, 5) is 18.2. The smallest absolute Gasteiger partial charge is 0.255 e. The third kappa shape index (κ3) is 2.79. The predicted molar refractivity (Wildman–Crippen MR) is 64.3 cm³/mol. The summed E-state index contributed by atoms with van der Waals surface area (Å²) in [6, 6.07) is 3.69. The summed E-state index contributed by atoms with van der Waals surface area (Å²) in [6.45, 7) is 7.46. The number of pyridine rings is 1. The maximum absolute atomic E-state index is 12.1. The van der Waals surface area contributed by atoms with Crippen molar-refractivity contribution >= 4 is 5.91 Å². The van der Waals surface area contributed by atoms with Crippen LogP contribution in [0.1, 0.15) is 28.7 Å². The molecule has 0 aliphatic carbocycles. The molecule has 0 aliphatic heterocycles. The highest BCUT2D eigenvalue weighted by Crippen LogP contribution is 2.09. The largest absolute Gasteiger partial charge is 0.338 e. The first-order valence-corrected chi connectivity index (χ1v) is 5.53. The van der Waals surface area contributed by atoms with Gasteiger partial charge in [-0.05, 0) is 32.9 Å². The minimum Gasteiger partial charge on any atom is -0.338 e. The fourth-order valence-corrected chi connectivity index (χ4v) is 1.64. The zero-order valence-electron chi connectivity index (χ0n) is 10.2. The second-order valence-electron chi connectivity index (χ2n) is 3.76. The molecule has 1 aromatic rings. The van der Waals surface area contributed by atoms with E-state index in [1.54, 1.807) is 4.90 Å². The fourth-order valence-electron chi connectivity index (χ4n) is 1.64. The van der Waals surface area contributed by atoms with Gasteiger partial charge in [0.2, 0.25) is 0 Å². The fraction of sp³-hybridized carbons (Fsp3) is 0.500. The molecule has 0 aromatic carbocycles. The third-order valence-corrected chi connectivity index (χ3v) is 2.52. The molecular formula is C12H19N3O. The van der Waals surface area contributed by atoms with Gasteiger partial charge < -0.3 is 10.6 Å². The van der Waals surface area contributed by atoms with Gasteiger partial charge in [0.25, 0.3) is 5.91 Å². The summed E-state index contributed by atoms with van der Waals surface area (Å²) >= 11 is 0. The van der Waals surface area contributed by atoms with Gasteiger partial charge in [-0.1, -0.05) is 0 Å². The second kappa shape index (κ2) is 5.61. The number of aryl methyl sites for hydroxylation is 2. The summed E-state index contributed by atoms with van der Waals surface area (Å²) < 4.78 is 0. The lowest BCUT2D eigenvalue weighted by molar-refractivity contribution is 0.0768. The molecule has 0 unspecified atom stereocenters. The average Bonchev–Trinajstić information content (AvgIpc) is 2.25. The van der Waals surface area contributed by atoms with Crippen LogP contribution in [0.4, 0.5) is 0 Å². The lowest BCUT2D eigenvalue weighted by atomic mass is 10.1. The molecule has 0 aliphatic rings. The van der Waals surface area contributed by atoms with Gasteiger partial charge in [-0.15, -0.1) is 0 Å². The summed E-state index contributed by atoms with van der Waals surface area (Å²) in [5.74, 6) is 0.0120. The van der Waals surface area contributed by atoms with Crippen LogP contribution in [-0.4, -0.2) is 35.4 Å². The van der Waals surface area contributed by atoms with Crippen LogP contribution in [0.2, 0.25) is 0 Å². The van der Waals surface area contributed by atoms with E-state index in [2.05, 4.69) is 4.98 Å². The molecule has 88 valence electrons. The number of rotatable bonds is 4. The Hall–Kier alpha value is -1.42. The first-order valence-electron chi connectivity index (χ1n) is 5.53. The first kappa shape index (κ1) is 12.6. The topological polar surface area (TPSA) is 59.2 Å². The van der Waals surface area contributed by atoms with Crippen LogP contribution < -0.4 is 5.73 Å². The number of likely N-dealkylation sites (N-methyl/N-ethyl adjacent to an activating group) is 1. The molecule has 1 heterocycles. The third-order valence-electron chi connectivity index (χ3n) is 2.52. The predicted octanol–water partition coefficient (Wildman–Crippen LogP) is 1.12. The van der Waals surface area contributed by atoms with E-state index in [1.165, 1.54) is 0 Å². The molecule has 16 heavy (non-hydrogen) atoms. The van der Waals surface area contributed by atoms with Crippen molar-refractivity contribution in [2.24, 2.45) is 5.73 Å². The molecule has 4 heteroatoms. The van der Waals surface area contributed by atoms with Crippen LogP contribution in [0.15, 0.2) is 12.1 Å². The van der Waals surface area contributed by atoms with E-state index >= 15 is 0 Å². The van der Waals surface area contributed by atoms with Crippen LogP contribution in [-0.2, 0) is 0 Å². The lowest BCUT2D eigenvalue weighted by Crippen LogP contribution is -2.35. The van der Waals surface area contributed by atoms with Gasteiger partial charge in [0, 0.05) is 25.3 Å². The quantitative estimate of drug-likeness (QED) is 0.828. The van der Waals surface area contributed by atoms with Gasteiger partial charge in [0.1, 0.15) is 0 Å². The standard InChI is InChI=1S/C12H19N3O/c1-4-15(8-7-13)12(16)11-6-5-9(2)14-10(11)3/h5-6H,4,7-8,13H2,1-3H3. The molecular weight excluding hydrogens is 202 g/mol. The van der Waals surface area contributed by atoms with Crippen LogP contribution >= 0.6 is 0 Å². The van der Waals surface area contributed by atoms with Crippen LogP contribution in [0.5, 0.6) is 0 Å². The summed E-state index contributed by atoms with van der Waals surface area (Å²) in [6.07, 6.45) is 0. The zero-order valence-corrected chi connectivity index (χ0v) is 10.2. The van der Waals surface area contributed by atoms with E-state index in [0.29, 0.717) is 25.2 Å². The number of carbonyl (C=O) groups is 1. The minimum atomic E-state index is 0.0120. The molecule has 0 saturated heterocycles. The molecule has 1 rings (SSSR count). The molecule has 0 bridgehead atoms. The number of carbonyl (C=O) groups excluding carboxylic acids is 1. The molecule has 0 radical (unpaired) electrons. The van der Waals surface area contributed by atoms with Crippen molar-refractivity contribution in [2.45, 2.75) is 20.8 Å². The Morgan fingerprint density at radius 3 is 2.62 bits per heavy atom. The Balaban J connectivity index is 2.94. The molecule has 1 amide bonds. The van der Waals surface area contributed by atoms with Crippen molar-refractivity contribution in [1.29, 1.82) is 0 Å². The molecule has 0 fully saturated rings. The molecule has 0 spiro atoms. The zero-order chi connectivity index (χ0) is 12.1. The number of hydrogen-bond donors (Lipinski definition) is 1. The van der Waals surface area contributed by atoms with E-state index in [4.69, 9.17) is 5.73 Å². The maximum Gasteiger partial charge on any atom is 0.255 e. The summed E-state index contributed by atoms with van der Waals surface area (Å²) in [5, 5.41) is 0. The Kier molecular flexibility index (Phi) is 4.43. The van der Waals surface area contributed by atoms with Crippen molar-refractivity contribution in [1.82, 2.24) is 9.88 Å². The Labute approximate surface area is 96.5 Å². The molecule has 4 nitrogen and oxygen atoms in total. The Morgan fingerprint density at radius 2 is 2.12 bits per heavy atom. The molecule has 0 atom stereocenters. The summed E-state index contributed by atoms with van der Waals surface area (Å²) in [7, 11) is 0. The van der Waals surface area contributed by atoms with Crippen molar-refractivity contribution in [2.75, 3.05) is 19.6 Å². The van der Waals surface area contributed by atoms with Crippen molar-refractivity contribution in [3.05, 3.63) is 29.1 Å². The van der Waals surface area contributed by atoms with Gasteiger partial charge in [0.15, 0.2) is 0 Å². The lowest BCUT2D eigenvalue weighted by Gasteiger charge is -2.20. The SMILES string of the molecule is CCN(CCN)C(=O)c1ccc(C)nc1C. The van der Waals surface area contributed by atoms with E-state index in [9.17, 15) is 4.79 Å². The second-order valence-corrected chi connectivity index (χ2v) is 3.76. The van der Waals surface area contributed by atoms with Crippen LogP contribution in [0.25, 0.3) is 0 Å². The van der Waals surface area contributed by atoms with Crippen LogP contribution in [0.3, 0.4) is 0 Å². The van der Waals surface area contributed by atoms with Crippen molar-refractivity contribution in [3.8, 4) is 0 Å². The molecule has 1 aromatic heterocycles. The van der Waals surface area contributed by atoms with Gasteiger partial charge >= 0.3 is 0 Å². The average molecular weight is 221 g/mol. The monoisotopic (exact) mass is 221 g/mol. The Morgan fingerprint density at radius 1 is 1.44 bits per heavy atom. The number of aromatic nitrogens is 1. The highest BCUT2D eigenvalue weighted by molar-refractivity contribution is 5.95. The van der Waals surface area contributed by atoms with Crippen molar-refractivity contribution in [3.63, 3.8) is 0 Å². The number of nitrogens with zero attached hydrogens (tertiary/aromatic N) is 2. The van der Waals surface area contributed by atoms with Gasteiger partial charge in [-0.2, -0.15) is 0 Å².